The van der Waals surface area contributed by atoms with E-state index in [2.05, 4.69) is 9.88 Å². The van der Waals surface area contributed by atoms with Gasteiger partial charge in [-0.25, -0.2) is 13.4 Å². The third-order valence-corrected chi connectivity index (χ3v) is 8.55. The van der Waals surface area contributed by atoms with Crippen molar-refractivity contribution in [3.63, 3.8) is 0 Å². The summed E-state index contributed by atoms with van der Waals surface area (Å²) in [5.74, 6) is -0.427. The van der Waals surface area contributed by atoms with Crippen LogP contribution in [0.5, 0.6) is 5.75 Å². The summed E-state index contributed by atoms with van der Waals surface area (Å²) in [7, 11) is -3.84. The van der Waals surface area contributed by atoms with Gasteiger partial charge in [0.25, 0.3) is 0 Å². The Bertz CT molecular complexity index is 1260. The van der Waals surface area contributed by atoms with Gasteiger partial charge in [0, 0.05) is 31.2 Å². The van der Waals surface area contributed by atoms with Crippen molar-refractivity contribution in [2.45, 2.75) is 18.2 Å². The number of rotatable bonds is 10. The molecule has 188 valence electrons. The van der Waals surface area contributed by atoms with Crippen LogP contribution in [-0.4, -0.2) is 76.0 Å². The summed E-state index contributed by atoms with van der Waals surface area (Å²) in [6.07, 6.45) is 0.687. The molecule has 2 heterocycles. The molecule has 1 aliphatic rings. The Labute approximate surface area is 214 Å². The number of aromatic nitrogens is 1. The van der Waals surface area contributed by atoms with E-state index in [-0.39, 0.29) is 4.90 Å². The molecular formula is C24H28ClN3O5S2. The van der Waals surface area contributed by atoms with Crippen molar-refractivity contribution in [2.24, 2.45) is 0 Å². The second kappa shape index (κ2) is 11.7. The Kier molecular flexibility index (Phi) is 8.61. The lowest BCUT2D eigenvalue weighted by Crippen LogP contribution is -2.40. The summed E-state index contributed by atoms with van der Waals surface area (Å²) >= 11 is 7.24. The molecule has 35 heavy (non-hydrogen) atoms. The van der Waals surface area contributed by atoms with Crippen molar-refractivity contribution in [3.05, 3.63) is 47.5 Å². The normalized spacial score (nSPS) is 14.8. The van der Waals surface area contributed by atoms with Crippen LogP contribution in [0.15, 0.2) is 47.4 Å². The number of anilines is 1. The van der Waals surface area contributed by atoms with Crippen molar-refractivity contribution < 1.29 is 22.7 Å². The van der Waals surface area contributed by atoms with Gasteiger partial charge in [-0.3, -0.25) is 14.6 Å². The molecule has 3 aromatic rings. The summed E-state index contributed by atoms with van der Waals surface area (Å²) < 4.78 is 37.8. The van der Waals surface area contributed by atoms with Crippen molar-refractivity contribution in [3.8, 4) is 5.75 Å². The molecule has 0 atom stereocenters. The average molecular weight is 538 g/mol. The molecule has 8 nitrogen and oxygen atoms in total. The minimum Gasteiger partial charge on any atom is -0.494 e. The number of sulfone groups is 1. The molecule has 0 unspecified atom stereocenters. The first-order valence-corrected chi connectivity index (χ1v) is 14.3. The predicted octanol–water partition coefficient (Wildman–Crippen LogP) is 3.88. The Balaban J connectivity index is 1.55. The minimum atomic E-state index is -3.84. The molecule has 0 N–H and O–H groups in total. The molecule has 4 rings (SSSR count). The Hall–Kier alpha value is -2.24. The van der Waals surface area contributed by atoms with Crippen LogP contribution in [0.2, 0.25) is 5.02 Å². The molecule has 11 heteroatoms. The molecule has 0 bridgehead atoms. The zero-order valence-electron chi connectivity index (χ0n) is 19.5. The Morgan fingerprint density at radius 3 is 2.66 bits per heavy atom. The SMILES string of the molecule is CCOc1ccc2nc(N(CCCN3CCOCC3)C(=O)CS(=O)(=O)c3ccc(Cl)cc3)sc2c1. The van der Waals surface area contributed by atoms with Crippen molar-refractivity contribution in [1.82, 2.24) is 9.88 Å². The van der Waals surface area contributed by atoms with Crippen molar-refractivity contribution in [2.75, 3.05) is 56.7 Å². The summed E-state index contributed by atoms with van der Waals surface area (Å²) in [6, 6.07) is 11.4. The number of fused-ring (bicyclic) bond motifs is 1. The Morgan fingerprint density at radius 1 is 1.20 bits per heavy atom. The van der Waals surface area contributed by atoms with Crippen LogP contribution in [0.4, 0.5) is 5.13 Å². The standard InChI is InChI=1S/C24H28ClN3O5S2/c1-2-33-19-6-9-21-22(16-19)34-24(26-21)28(11-3-10-27-12-14-32-15-13-27)23(29)17-35(30,31)20-7-4-18(25)5-8-20/h4-9,16H,2-3,10-15,17H2,1H3. The first-order valence-electron chi connectivity index (χ1n) is 11.5. The third kappa shape index (κ3) is 6.71. The van der Waals surface area contributed by atoms with Crippen LogP contribution in [-0.2, 0) is 19.4 Å². The van der Waals surface area contributed by atoms with Gasteiger partial charge in [0.15, 0.2) is 15.0 Å². The summed E-state index contributed by atoms with van der Waals surface area (Å²) in [4.78, 5) is 21.8. The lowest BCUT2D eigenvalue weighted by Gasteiger charge is -2.27. The van der Waals surface area contributed by atoms with Gasteiger partial charge in [-0.1, -0.05) is 22.9 Å². The number of carbonyl (C=O) groups excluding carboxylic acids is 1. The van der Waals surface area contributed by atoms with Gasteiger partial charge in [-0.2, -0.15) is 0 Å². The number of benzene rings is 2. The van der Waals surface area contributed by atoms with Crippen LogP contribution in [0, 0.1) is 0 Å². The quantitative estimate of drug-likeness (QED) is 0.388. The number of carbonyl (C=O) groups is 1. The number of amides is 1. The molecule has 1 saturated heterocycles. The molecule has 1 aliphatic heterocycles. The molecule has 1 amide bonds. The van der Waals surface area contributed by atoms with Crippen LogP contribution in [0.1, 0.15) is 13.3 Å². The summed E-state index contributed by atoms with van der Waals surface area (Å²) in [5.41, 5.74) is 0.736. The van der Waals surface area contributed by atoms with Gasteiger partial charge in [0.2, 0.25) is 5.91 Å². The zero-order chi connectivity index (χ0) is 24.8. The van der Waals surface area contributed by atoms with Crippen LogP contribution in [0.25, 0.3) is 10.2 Å². The highest BCUT2D eigenvalue weighted by Crippen LogP contribution is 2.32. The molecule has 0 aliphatic carbocycles. The van der Waals surface area contributed by atoms with E-state index < -0.39 is 21.5 Å². The van der Waals surface area contributed by atoms with Crippen LogP contribution >= 0.6 is 22.9 Å². The van der Waals surface area contributed by atoms with E-state index in [1.54, 1.807) is 0 Å². The number of halogens is 1. The molecule has 0 radical (unpaired) electrons. The predicted molar refractivity (Wildman–Crippen MR) is 139 cm³/mol. The third-order valence-electron chi connectivity index (χ3n) is 5.64. The van der Waals surface area contributed by atoms with Gasteiger partial charge in [-0.05, 0) is 55.8 Å². The molecule has 0 spiro atoms. The first kappa shape index (κ1) is 25.8. The summed E-state index contributed by atoms with van der Waals surface area (Å²) in [5, 5.41) is 0.910. The van der Waals surface area contributed by atoms with E-state index >= 15 is 0 Å². The lowest BCUT2D eigenvalue weighted by molar-refractivity contribution is -0.116. The van der Waals surface area contributed by atoms with Gasteiger partial charge >= 0.3 is 0 Å². The monoisotopic (exact) mass is 537 g/mol. The number of morpholine rings is 1. The molecular weight excluding hydrogens is 510 g/mol. The van der Waals surface area contributed by atoms with E-state index in [1.807, 2.05) is 25.1 Å². The fourth-order valence-corrected chi connectivity index (χ4v) is 6.20. The fourth-order valence-electron chi connectivity index (χ4n) is 3.83. The van der Waals surface area contributed by atoms with Crippen molar-refractivity contribution >= 4 is 54.0 Å². The highest BCUT2D eigenvalue weighted by Gasteiger charge is 2.27. The van der Waals surface area contributed by atoms with E-state index in [1.165, 1.54) is 40.5 Å². The number of ether oxygens (including phenoxy) is 2. The van der Waals surface area contributed by atoms with Gasteiger partial charge < -0.3 is 9.47 Å². The van der Waals surface area contributed by atoms with Crippen LogP contribution < -0.4 is 9.64 Å². The van der Waals surface area contributed by atoms with Gasteiger partial charge in [0.05, 0.1) is 34.9 Å². The highest BCUT2D eigenvalue weighted by atomic mass is 35.5. The number of thiazole rings is 1. The topological polar surface area (TPSA) is 89.0 Å². The molecule has 0 saturated carbocycles. The van der Waals surface area contributed by atoms with E-state index in [9.17, 15) is 13.2 Å². The lowest BCUT2D eigenvalue weighted by atomic mass is 10.3. The fraction of sp³-hybridized carbons (Fsp3) is 0.417. The van der Waals surface area contributed by atoms with Gasteiger partial charge in [0.1, 0.15) is 11.5 Å². The second-order valence-corrected chi connectivity index (χ2v) is 11.6. The summed E-state index contributed by atoms with van der Waals surface area (Å²) in [6.45, 7) is 6.70. The molecule has 2 aromatic carbocycles. The zero-order valence-corrected chi connectivity index (χ0v) is 21.9. The molecule has 1 fully saturated rings. The largest absolute Gasteiger partial charge is 0.494 e. The highest BCUT2D eigenvalue weighted by molar-refractivity contribution is 7.92. The average Bonchev–Trinajstić information content (AvgIpc) is 3.25. The Morgan fingerprint density at radius 2 is 1.94 bits per heavy atom. The molecule has 1 aromatic heterocycles. The number of nitrogens with zero attached hydrogens (tertiary/aromatic N) is 3. The number of hydrogen-bond donors (Lipinski definition) is 0. The van der Waals surface area contributed by atoms with E-state index in [4.69, 9.17) is 21.1 Å². The first-order chi connectivity index (χ1) is 16.9. The number of hydrogen-bond acceptors (Lipinski definition) is 8. The smallest absolute Gasteiger partial charge is 0.244 e. The maximum Gasteiger partial charge on any atom is 0.244 e. The maximum absolute atomic E-state index is 13.4. The van der Waals surface area contributed by atoms with Gasteiger partial charge in [-0.15, -0.1) is 0 Å². The van der Waals surface area contributed by atoms with Crippen LogP contribution in [0.3, 0.4) is 0 Å². The second-order valence-electron chi connectivity index (χ2n) is 8.12. The minimum absolute atomic E-state index is 0.0640. The van der Waals surface area contributed by atoms with E-state index in [0.717, 1.165) is 35.6 Å². The maximum atomic E-state index is 13.4. The van der Waals surface area contributed by atoms with Crippen molar-refractivity contribution in [1.29, 1.82) is 0 Å². The van der Waals surface area contributed by atoms with E-state index in [0.29, 0.717) is 42.9 Å².